The molecule has 1 unspecified atom stereocenters. The first kappa shape index (κ1) is 7.03. The molecule has 4 nitrogen and oxygen atoms in total. The molecular formula is C6H8N2O2. The van der Waals surface area contributed by atoms with Crippen LogP contribution >= 0.6 is 0 Å². The Morgan fingerprint density at radius 2 is 2.60 bits per heavy atom. The summed E-state index contributed by atoms with van der Waals surface area (Å²) in [7, 11) is 0. The third kappa shape index (κ3) is 1.25. The number of nitriles is 1. The van der Waals surface area contributed by atoms with E-state index in [-0.39, 0.29) is 11.8 Å². The summed E-state index contributed by atoms with van der Waals surface area (Å²) in [5.41, 5.74) is 0.0810. The molecule has 0 aromatic carbocycles. The van der Waals surface area contributed by atoms with Crippen LogP contribution in [0.2, 0.25) is 0 Å². The van der Waals surface area contributed by atoms with Gasteiger partial charge in [0.05, 0.1) is 0 Å². The fourth-order valence-corrected chi connectivity index (χ4v) is 0.952. The predicted molar refractivity (Wildman–Crippen MR) is 33.8 cm³/mol. The minimum Gasteiger partial charge on any atom is -0.410 e. The van der Waals surface area contributed by atoms with Crippen molar-refractivity contribution >= 4 is 5.71 Å². The van der Waals surface area contributed by atoms with E-state index in [4.69, 9.17) is 15.2 Å². The zero-order chi connectivity index (χ0) is 7.40. The van der Waals surface area contributed by atoms with E-state index in [9.17, 15) is 0 Å². The van der Waals surface area contributed by atoms with Crippen molar-refractivity contribution in [2.75, 3.05) is 6.61 Å². The number of oxime groups is 1. The zero-order valence-corrected chi connectivity index (χ0v) is 5.45. The molecule has 0 aromatic heterocycles. The van der Waals surface area contributed by atoms with Crippen LogP contribution in [0.4, 0.5) is 0 Å². The molecule has 10 heavy (non-hydrogen) atoms. The summed E-state index contributed by atoms with van der Waals surface area (Å²) in [6, 6.07) is 1.77. The molecule has 1 saturated heterocycles. The molecule has 1 rings (SSSR count). The number of rotatable bonds is 1. The lowest BCUT2D eigenvalue weighted by Crippen LogP contribution is -2.17. The quantitative estimate of drug-likeness (QED) is 0.328. The highest BCUT2D eigenvalue weighted by Crippen LogP contribution is 2.12. The molecule has 54 valence electrons. The van der Waals surface area contributed by atoms with Crippen LogP contribution in [0.25, 0.3) is 0 Å². The summed E-state index contributed by atoms with van der Waals surface area (Å²) in [5, 5.41) is 19.5. The van der Waals surface area contributed by atoms with Gasteiger partial charge < -0.3 is 9.94 Å². The minimum absolute atomic E-state index is 0.0810. The molecule has 0 radical (unpaired) electrons. The topological polar surface area (TPSA) is 65.6 Å². The molecule has 1 fully saturated rings. The molecule has 1 N–H and O–H groups in total. The number of hydrogen-bond donors (Lipinski definition) is 1. The fraction of sp³-hybridized carbons (Fsp3) is 0.667. The normalized spacial score (nSPS) is 26.3. The SMILES string of the molecule is N#C/C(=N/O)C1CCCO1. The van der Waals surface area contributed by atoms with Gasteiger partial charge in [0.1, 0.15) is 12.2 Å². The van der Waals surface area contributed by atoms with Crippen LogP contribution < -0.4 is 0 Å². The van der Waals surface area contributed by atoms with Gasteiger partial charge in [0.25, 0.3) is 0 Å². The van der Waals surface area contributed by atoms with E-state index in [1.165, 1.54) is 0 Å². The van der Waals surface area contributed by atoms with Gasteiger partial charge in [-0.2, -0.15) is 5.26 Å². The van der Waals surface area contributed by atoms with Gasteiger partial charge >= 0.3 is 0 Å². The fourth-order valence-electron chi connectivity index (χ4n) is 0.952. The van der Waals surface area contributed by atoms with Gasteiger partial charge in [-0.3, -0.25) is 0 Å². The summed E-state index contributed by atoms with van der Waals surface area (Å²) >= 11 is 0. The molecule has 1 aliphatic rings. The number of ether oxygens (including phenoxy) is 1. The van der Waals surface area contributed by atoms with Crippen molar-refractivity contribution in [3.05, 3.63) is 0 Å². The first-order valence-corrected chi connectivity index (χ1v) is 3.12. The van der Waals surface area contributed by atoms with Crippen molar-refractivity contribution in [2.24, 2.45) is 5.16 Å². The Kier molecular flexibility index (Phi) is 2.24. The molecule has 1 heterocycles. The first-order chi connectivity index (χ1) is 4.88. The Morgan fingerprint density at radius 1 is 1.80 bits per heavy atom. The van der Waals surface area contributed by atoms with Crippen molar-refractivity contribution in [3.63, 3.8) is 0 Å². The Bertz CT molecular complexity index is 177. The molecule has 4 heteroatoms. The van der Waals surface area contributed by atoms with Crippen LogP contribution in [-0.2, 0) is 4.74 Å². The molecule has 0 aromatic rings. The summed E-state index contributed by atoms with van der Waals surface area (Å²) < 4.78 is 5.08. The lowest BCUT2D eigenvalue weighted by atomic mass is 10.2. The summed E-state index contributed by atoms with van der Waals surface area (Å²) in [5.74, 6) is 0. The van der Waals surface area contributed by atoms with E-state index < -0.39 is 0 Å². The molecule has 0 bridgehead atoms. The van der Waals surface area contributed by atoms with Crippen LogP contribution in [0.5, 0.6) is 0 Å². The molecule has 1 aliphatic heterocycles. The molecule has 0 aliphatic carbocycles. The lowest BCUT2D eigenvalue weighted by molar-refractivity contribution is 0.155. The largest absolute Gasteiger partial charge is 0.410 e. The highest BCUT2D eigenvalue weighted by Gasteiger charge is 2.21. The van der Waals surface area contributed by atoms with Gasteiger partial charge in [-0.25, -0.2) is 0 Å². The average molecular weight is 140 g/mol. The van der Waals surface area contributed by atoms with Gasteiger partial charge in [-0.15, -0.1) is 0 Å². The van der Waals surface area contributed by atoms with E-state index in [1.807, 2.05) is 0 Å². The zero-order valence-electron chi connectivity index (χ0n) is 5.45. The summed E-state index contributed by atoms with van der Waals surface area (Å²) in [6.45, 7) is 0.658. The highest BCUT2D eigenvalue weighted by atomic mass is 16.5. The number of hydrogen-bond acceptors (Lipinski definition) is 4. The lowest BCUT2D eigenvalue weighted by Gasteiger charge is -2.02. The van der Waals surface area contributed by atoms with E-state index in [0.717, 1.165) is 12.8 Å². The second-order valence-corrected chi connectivity index (χ2v) is 2.10. The molecular weight excluding hydrogens is 132 g/mol. The Labute approximate surface area is 58.7 Å². The third-order valence-corrected chi connectivity index (χ3v) is 1.46. The molecule has 0 saturated carbocycles. The van der Waals surface area contributed by atoms with Crippen molar-refractivity contribution in [1.82, 2.24) is 0 Å². The monoisotopic (exact) mass is 140 g/mol. The maximum atomic E-state index is 8.37. The Balaban J connectivity index is 2.55. The summed E-state index contributed by atoms with van der Waals surface area (Å²) in [6.07, 6.45) is 1.45. The van der Waals surface area contributed by atoms with Gasteiger partial charge in [0, 0.05) is 6.61 Å². The van der Waals surface area contributed by atoms with Crippen LogP contribution in [0.15, 0.2) is 5.16 Å². The van der Waals surface area contributed by atoms with Crippen LogP contribution in [0.1, 0.15) is 12.8 Å². The predicted octanol–water partition coefficient (Wildman–Crippen LogP) is 0.519. The second kappa shape index (κ2) is 3.18. The highest BCUT2D eigenvalue weighted by molar-refractivity contribution is 6.01. The van der Waals surface area contributed by atoms with Gasteiger partial charge in [0.2, 0.25) is 0 Å². The minimum atomic E-state index is -0.269. The first-order valence-electron chi connectivity index (χ1n) is 3.12. The maximum absolute atomic E-state index is 8.37. The smallest absolute Gasteiger partial charge is 0.185 e. The van der Waals surface area contributed by atoms with Crippen molar-refractivity contribution in [2.45, 2.75) is 18.9 Å². The van der Waals surface area contributed by atoms with E-state index >= 15 is 0 Å². The Morgan fingerprint density at radius 3 is 3.00 bits per heavy atom. The van der Waals surface area contributed by atoms with E-state index in [0.29, 0.717) is 6.61 Å². The van der Waals surface area contributed by atoms with E-state index in [1.54, 1.807) is 6.07 Å². The molecule has 1 atom stereocenters. The van der Waals surface area contributed by atoms with Gasteiger partial charge in [-0.1, -0.05) is 5.16 Å². The van der Waals surface area contributed by atoms with Crippen LogP contribution in [0.3, 0.4) is 0 Å². The second-order valence-electron chi connectivity index (χ2n) is 2.10. The van der Waals surface area contributed by atoms with E-state index in [2.05, 4.69) is 5.16 Å². The Hall–Kier alpha value is -1.08. The molecule has 0 spiro atoms. The van der Waals surface area contributed by atoms with Crippen molar-refractivity contribution < 1.29 is 9.94 Å². The van der Waals surface area contributed by atoms with Gasteiger partial charge in [-0.05, 0) is 12.8 Å². The maximum Gasteiger partial charge on any atom is 0.185 e. The molecule has 0 amide bonds. The van der Waals surface area contributed by atoms with Crippen molar-refractivity contribution in [3.8, 4) is 6.07 Å². The number of nitrogens with zero attached hydrogens (tertiary/aromatic N) is 2. The standard InChI is InChI=1S/C6H8N2O2/c7-4-5(8-9)6-2-1-3-10-6/h6,9H,1-3H2/b8-5-. The average Bonchev–Trinajstić information content (AvgIpc) is 2.43. The summed E-state index contributed by atoms with van der Waals surface area (Å²) in [4.78, 5) is 0. The van der Waals surface area contributed by atoms with Crippen LogP contribution in [0, 0.1) is 11.3 Å². The van der Waals surface area contributed by atoms with Crippen molar-refractivity contribution in [1.29, 1.82) is 5.26 Å². The van der Waals surface area contributed by atoms with Gasteiger partial charge in [0.15, 0.2) is 5.71 Å². The van der Waals surface area contributed by atoms with Crippen LogP contribution in [-0.4, -0.2) is 23.6 Å². The third-order valence-electron chi connectivity index (χ3n) is 1.46.